The largest absolute Gasteiger partial charge is 0.387 e. The number of aliphatic hydroxyl groups is 1. The molecule has 5 heteroatoms. The van der Waals surface area contributed by atoms with Gasteiger partial charge in [-0.25, -0.2) is 4.39 Å². The van der Waals surface area contributed by atoms with Crippen molar-refractivity contribution in [1.29, 1.82) is 0 Å². The highest BCUT2D eigenvalue weighted by atomic mass is 19.1. The first kappa shape index (κ1) is 18.9. The Morgan fingerprint density at radius 1 is 1.29 bits per heavy atom. The van der Waals surface area contributed by atoms with Crippen LogP contribution in [0.25, 0.3) is 0 Å². The summed E-state index contributed by atoms with van der Waals surface area (Å²) in [5, 5.41) is 10.4. The van der Waals surface area contributed by atoms with Gasteiger partial charge in [-0.3, -0.25) is 4.79 Å². The zero-order chi connectivity index (χ0) is 17.7. The Hall–Kier alpha value is -1.46. The molecule has 0 spiro atoms. The first-order valence-corrected chi connectivity index (χ1v) is 8.83. The van der Waals surface area contributed by atoms with E-state index in [0.717, 1.165) is 19.3 Å². The maximum Gasteiger partial charge on any atom is 0.223 e. The Balaban J connectivity index is 2.01. The number of benzene rings is 1. The van der Waals surface area contributed by atoms with E-state index in [9.17, 15) is 14.3 Å². The summed E-state index contributed by atoms with van der Waals surface area (Å²) in [6.07, 6.45) is 2.71. The number of carbonyl (C=O) groups is 1. The van der Waals surface area contributed by atoms with E-state index in [2.05, 4.69) is 0 Å². The van der Waals surface area contributed by atoms with Crippen LogP contribution in [0.2, 0.25) is 0 Å². The minimum atomic E-state index is -0.814. The quantitative estimate of drug-likeness (QED) is 0.804. The predicted molar refractivity (Wildman–Crippen MR) is 92.7 cm³/mol. The van der Waals surface area contributed by atoms with Crippen molar-refractivity contribution < 1.29 is 14.3 Å². The van der Waals surface area contributed by atoms with Crippen molar-refractivity contribution in [2.45, 2.75) is 51.7 Å². The molecule has 1 unspecified atom stereocenters. The molecule has 1 aliphatic carbocycles. The zero-order valence-electron chi connectivity index (χ0n) is 14.6. The van der Waals surface area contributed by atoms with Gasteiger partial charge in [0.2, 0.25) is 5.91 Å². The monoisotopic (exact) mass is 336 g/mol. The van der Waals surface area contributed by atoms with E-state index in [1.165, 1.54) is 12.1 Å². The normalized spacial score (nSPS) is 21.9. The lowest BCUT2D eigenvalue weighted by atomic mass is 9.98. The fourth-order valence-corrected chi connectivity index (χ4v) is 3.39. The second-order valence-corrected chi connectivity index (χ2v) is 7.32. The molecule has 2 rings (SSSR count). The molecule has 0 radical (unpaired) electrons. The maximum absolute atomic E-state index is 13.0. The summed E-state index contributed by atoms with van der Waals surface area (Å²) in [6.45, 7) is 4.92. The maximum atomic E-state index is 13.0. The highest BCUT2D eigenvalue weighted by Gasteiger charge is 2.29. The number of nitrogens with two attached hydrogens (primary N) is 1. The van der Waals surface area contributed by atoms with Crippen molar-refractivity contribution in [3.63, 3.8) is 0 Å². The van der Waals surface area contributed by atoms with Crippen LogP contribution in [0.3, 0.4) is 0 Å². The van der Waals surface area contributed by atoms with Crippen molar-refractivity contribution in [1.82, 2.24) is 4.90 Å². The van der Waals surface area contributed by atoms with Gasteiger partial charge in [0, 0.05) is 19.0 Å². The van der Waals surface area contributed by atoms with E-state index >= 15 is 0 Å². The first-order valence-electron chi connectivity index (χ1n) is 8.83. The van der Waals surface area contributed by atoms with Crippen LogP contribution in [0.15, 0.2) is 24.3 Å². The van der Waals surface area contributed by atoms with Gasteiger partial charge in [-0.05, 0) is 42.4 Å². The standard InChI is InChI=1S/C19H29FN2O2/c1-13(2)11-22(19(24)10-15-4-3-5-17(15)21)12-18(23)14-6-8-16(20)9-7-14/h6-9,13,15,17-18,23H,3-5,10-12,21H2,1-2H3/t15-,17+,18?/m0/s1. The Morgan fingerprint density at radius 2 is 1.96 bits per heavy atom. The summed E-state index contributed by atoms with van der Waals surface area (Å²) in [5.74, 6) is 0.269. The van der Waals surface area contributed by atoms with Gasteiger partial charge in [0.1, 0.15) is 5.82 Å². The summed E-state index contributed by atoms with van der Waals surface area (Å²) in [4.78, 5) is 14.4. The number of rotatable bonds is 7. The smallest absolute Gasteiger partial charge is 0.223 e. The molecule has 1 aromatic carbocycles. The number of carbonyl (C=O) groups excluding carboxylic acids is 1. The van der Waals surface area contributed by atoms with Crippen molar-refractivity contribution in [3.05, 3.63) is 35.6 Å². The fourth-order valence-electron chi connectivity index (χ4n) is 3.39. The van der Waals surface area contributed by atoms with E-state index in [-0.39, 0.29) is 30.2 Å². The molecular formula is C19H29FN2O2. The van der Waals surface area contributed by atoms with Crippen molar-refractivity contribution in [2.75, 3.05) is 13.1 Å². The minimum absolute atomic E-state index is 0.0483. The van der Waals surface area contributed by atoms with Gasteiger partial charge < -0.3 is 15.7 Å². The Bertz CT molecular complexity index is 533. The third-order valence-electron chi connectivity index (χ3n) is 4.74. The average molecular weight is 336 g/mol. The van der Waals surface area contributed by atoms with Gasteiger partial charge in [-0.15, -0.1) is 0 Å². The summed E-state index contributed by atoms with van der Waals surface area (Å²) >= 11 is 0. The molecule has 134 valence electrons. The van der Waals surface area contributed by atoms with Crippen LogP contribution >= 0.6 is 0 Å². The first-order chi connectivity index (χ1) is 11.4. The summed E-state index contributed by atoms with van der Waals surface area (Å²) in [6, 6.07) is 5.88. The van der Waals surface area contributed by atoms with Crippen LogP contribution in [0.5, 0.6) is 0 Å². The molecule has 4 nitrogen and oxygen atoms in total. The van der Waals surface area contributed by atoms with E-state index in [0.29, 0.717) is 24.4 Å². The van der Waals surface area contributed by atoms with Gasteiger partial charge >= 0.3 is 0 Å². The lowest BCUT2D eigenvalue weighted by Crippen LogP contribution is -2.39. The third kappa shape index (κ3) is 5.28. The summed E-state index contributed by atoms with van der Waals surface area (Å²) in [5.41, 5.74) is 6.70. The topological polar surface area (TPSA) is 66.6 Å². The molecule has 0 heterocycles. The molecule has 24 heavy (non-hydrogen) atoms. The highest BCUT2D eigenvalue weighted by molar-refractivity contribution is 5.76. The molecule has 0 saturated heterocycles. The van der Waals surface area contributed by atoms with Crippen LogP contribution in [-0.2, 0) is 4.79 Å². The highest BCUT2D eigenvalue weighted by Crippen LogP contribution is 2.28. The number of hydrogen-bond donors (Lipinski definition) is 2. The number of amides is 1. The zero-order valence-corrected chi connectivity index (χ0v) is 14.6. The average Bonchev–Trinajstić information content (AvgIpc) is 2.92. The molecule has 1 amide bonds. The molecular weight excluding hydrogens is 307 g/mol. The lowest BCUT2D eigenvalue weighted by Gasteiger charge is -2.29. The SMILES string of the molecule is CC(C)CN(CC(O)c1ccc(F)cc1)C(=O)C[C@@H]1CCC[C@H]1N. The molecule has 3 atom stereocenters. The van der Waals surface area contributed by atoms with Crippen molar-refractivity contribution >= 4 is 5.91 Å². The second kappa shape index (κ2) is 8.58. The van der Waals surface area contributed by atoms with Crippen LogP contribution in [0.1, 0.15) is 51.2 Å². The van der Waals surface area contributed by atoms with Crippen LogP contribution in [0, 0.1) is 17.7 Å². The van der Waals surface area contributed by atoms with Crippen molar-refractivity contribution in [2.24, 2.45) is 17.6 Å². The fraction of sp³-hybridized carbons (Fsp3) is 0.632. The number of aliphatic hydroxyl groups excluding tert-OH is 1. The van der Waals surface area contributed by atoms with Crippen LogP contribution in [0.4, 0.5) is 4.39 Å². The predicted octanol–water partition coefficient (Wildman–Crippen LogP) is 2.86. The summed E-state index contributed by atoms with van der Waals surface area (Å²) < 4.78 is 13.0. The lowest BCUT2D eigenvalue weighted by molar-refractivity contribution is -0.134. The molecule has 1 aliphatic rings. The molecule has 0 aliphatic heterocycles. The molecule has 1 saturated carbocycles. The van der Waals surface area contributed by atoms with E-state index in [4.69, 9.17) is 5.73 Å². The van der Waals surface area contributed by atoms with Crippen molar-refractivity contribution in [3.8, 4) is 0 Å². The van der Waals surface area contributed by atoms with Crippen LogP contribution in [-0.4, -0.2) is 35.0 Å². The van der Waals surface area contributed by atoms with Gasteiger partial charge in [-0.1, -0.05) is 32.4 Å². The molecule has 3 N–H and O–H groups in total. The molecule has 0 bridgehead atoms. The molecule has 1 aromatic rings. The van der Waals surface area contributed by atoms with Crippen LogP contribution < -0.4 is 5.73 Å². The number of nitrogens with zero attached hydrogens (tertiary/aromatic N) is 1. The van der Waals surface area contributed by atoms with Gasteiger partial charge in [0.25, 0.3) is 0 Å². The number of halogens is 1. The third-order valence-corrected chi connectivity index (χ3v) is 4.74. The second-order valence-electron chi connectivity index (χ2n) is 7.32. The van der Waals surface area contributed by atoms with Gasteiger partial charge in [0.05, 0.1) is 12.6 Å². The Morgan fingerprint density at radius 3 is 2.50 bits per heavy atom. The van der Waals surface area contributed by atoms with E-state index in [1.54, 1.807) is 17.0 Å². The molecule has 0 aromatic heterocycles. The minimum Gasteiger partial charge on any atom is -0.387 e. The molecule has 1 fully saturated rings. The Kier molecular flexibility index (Phi) is 6.75. The van der Waals surface area contributed by atoms with Gasteiger partial charge in [-0.2, -0.15) is 0 Å². The Labute approximate surface area is 143 Å². The number of hydrogen-bond acceptors (Lipinski definition) is 3. The summed E-state index contributed by atoms with van der Waals surface area (Å²) in [7, 11) is 0. The van der Waals surface area contributed by atoms with Gasteiger partial charge in [0.15, 0.2) is 0 Å². The van der Waals surface area contributed by atoms with E-state index < -0.39 is 6.10 Å². The van der Waals surface area contributed by atoms with E-state index in [1.807, 2.05) is 13.8 Å².